The molecule has 2 aromatic heterocycles. The van der Waals surface area contributed by atoms with Gasteiger partial charge in [-0.3, -0.25) is 0 Å². The molecule has 2 aliphatic rings. The Kier molecular flexibility index (Phi) is 5.90. The quantitative estimate of drug-likeness (QED) is 0.181. The zero-order valence-electron chi connectivity index (χ0n) is 30.5. The predicted molar refractivity (Wildman–Crippen MR) is 220 cm³/mol. The number of nitriles is 2. The van der Waals surface area contributed by atoms with Crippen molar-refractivity contribution in [2.45, 2.75) is 38.5 Å². The lowest BCUT2D eigenvalue weighted by Crippen LogP contribution is -2.14. The minimum absolute atomic E-state index is 0.189. The monoisotopic (exact) mass is 690 g/mol. The average molecular weight is 691 g/mol. The Hall–Kier alpha value is -6.88. The van der Waals surface area contributed by atoms with E-state index in [4.69, 9.17) is 0 Å². The van der Waals surface area contributed by atoms with Gasteiger partial charge in [0.2, 0.25) is 0 Å². The zero-order chi connectivity index (χ0) is 36.7. The van der Waals surface area contributed by atoms with Crippen molar-refractivity contribution in [3.8, 4) is 45.8 Å². The van der Waals surface area contributed by atoms with Crippen LogP contribution in [0.25, 0.3) is 77.2 Å². The summed E-state index contributed by atoms with van der Waals surface area (Å²) in [7, 11) is 0. The van der Waals surface area contributed by atoms with E-state index in [2.05, 4.69) is 182 Å². The molecule has 4 nitrogen and oxygen atoms in total. The number of aromatic nitrogens is 2. The van der Waals surface area contributed by atoms with Crippen molar-refractivity contribution in [2.75, 3.05) is 0 Å². The third-order valence-electron chi connectivity index (χ3n) is 12.6. The number of hydrogen-bond donors (Lipinski definition) is 0. The van der Waals surface area contributed by atoms with Gasteiger partial charge in [-0.15, -0.1) is 0 Å². The van der Waals surface area contributed by atoms with Crippen molar-refractivity contribution >= 4 is 43.6 Å². The molecule has 0 amide bonds. The maximum atomic E-state index is 11.2. The second-order valence-corrected chi connectivity index (χ2v) is 15.9. The first kappa shape index (κ1) is 30.7. The molecule has 0 saturated heterocycles. The van der Waals surface area contributed by atoms with E-state index >= 15 is 0 Å². The normalized spacial score (nSPS) is 14.6. The number of rotatable bonds is 2. The zero-order valence-corrected chi connectivity index (χ0v) is 30.5. The fourth-order valence-electron chi connectivity index (χ4n) is 10.2. The summed E-state index contributed by atoms with van der Waals surface area (Å²) in [6, 6.07) is 52.5. The second kappa shape index (κ2) is 10.4. The van der Waals surface area contributed by atoms with E-state index < -0.39 is 0 Å². The lowest BCUT2D eigenvalue weighted by molar-refractivity contribution is 0.660. The van der Waals surface area contributed by atoms with Crippen molar-refractivity contribution in [3.63, 3.8) is 0 Å². The number of nitrogens with zero attached hydrogens (tertiary/aromatic N) is 4. The van der Waals surface area contributed by atoms with Crippen LogP contribution in [0.1, 0.15) is 61.1 Å². The Labute approximate surface area is 313 Å². The Bertz CT molecular complexity index is 3020. The molecular weight excluding hydrogens is 657 g/mol. The van der Waals surface area contributed by atoms with Crippen LogP contribution in [0.5, 0.6) is 0 Å². The standard InChI is InChI=1S/C50H34N4/c1-49(2)37-17-9-5-15-33(37)45-39(49)23-21-31-29-13-7-11-19-41(29)53(47(31)45)43-25-26-44(36(28-52)35(43)27-51)54-42-20-12-8-14-30(42)32-22-24-40-46(48(32)54)34-16-6-10-18-38(34)50(40,3)4/h5-26H,1-4H3. The van der Waals surface area contributed by atoms with Gasteiger partial charge < -0.3 is 9.13 Å². The fourth-order valence-corrected chi connectivity index (χ4v) is 10.2. The van der Waals surface area contributed by atoms with Crippen molar-refractivity contribution in [1.82, 2.24) is 9.13 Å². The highest BCUT2D eigenvalue weighted by atomic mass is 15.0. The van der Waals surface area contributed by atoms with Crippen LogP contribution < -0.4 is 0 Å². The molecule has 0 spiro atoms. The second-order valence-electron chi connectivity index (χ2n) is 15.9. The lowest BCUT2D eigenvalue weighted by atomic mass is 9.82. The van der Waals surface area contributed by atoms with Crippen LogP contribution in [0.3, 0.4) is 0 Å². The van der Waals surface area contributed by atoms with Crippen molar-refractivity contribution in [2.24, 2.45) is 0 Å². The summed E-state index contributed by atoms with van der Waals surface area (Å²) in [5, 5.41) is 26.9. The van der Waals surface area contributed by atoms with Gasteiger partial charge in [0.25, 0.3) is 0 Å². The summed E-state index contributed by atoms with van der Waals surface area (Å²) in [6.07, 6.45) is 0. The van der Waals surface area contributed by atoms with Crippen molar-refractivity contribution in [1.29, 1.82) is 10.5 Å². The summed E-state index contributed by atoms with van der Waals surface area (Å²) < 4.78 is 4.49. The van der Waals surface area contributed by atoms with Crippen molar-refractivity contribution < 1.29 is 0 Å². The largest absolute Gasteiger partial charge is 0.307 e. The van der Waals surface area contributed by atoms with E-state index in [-0.39, 0.29) is 10.8 Å². The number of hydrogen-bond acceptors (Lipinski definition) is 2. The van der Waals surface area contributed by atoms with Crippen LogP contribution in [-0.2, 0) is 10.8 Å². The molecule has 0 aliphatic heterocycles. The van der Waals surface area contributed by atoms with Gasteiger partial charge in [0, 0.05) is 43.5 Å². The van der Waals surface area contributed by atoms with E-state index in [9.17, 15) is 10.5 Å². The third kappa shape index (κ3) is 3.60. The fraction of sp³-hybridized carbons (Fsp3) is 0.120. The highest BCUT2D eigenvalue weighted by molar-refractivity contribution is 6.17. The molecule has 0 unspecified atom stereocenters. The molecular formula is C50H34N4. The molecule has 4 heteroatoms. The molecule has 9 aromatic rings. The van der Waals surface area contributed by atoms with Gasteiger partial charge in [-0.2, -0.15) is 10.5 Å². The lowest BCUT2D eigenvalue weighted by Gasteiger charge is -2.22. The van der Waals surface area contributed by atoms with Crippen LogP contribution in [0.15, 0.2) is 133 Å². The molecule has 0 saturated carbocycles. The molecule has 0 N–H and O–H groups in total. The number of benzene rings is 7. The molecule has 2 aliphatic carbocycles. The maximum absolute atomic E-state index is 11.2. The van der Waals surface area contributed by atoms with E-state index in [0.717, 1.165) is 43.6 Å². The SMILES string of the molecule is CC1(C)c2ccccc2-c2c1ccc1c3ccccc3n(-c3ccc(-n4c5ccccc5c5ccc6c(c54)-c4ccccc4C6(C)C)c(C#N)c3C#N)c21. The van der Waals surface area contributed by atoms with Crippen LogP contribution in [0.4, 0.5) is 0 Å². The first-order valence-corrected chi connectivity index (χ1v) is 18.6. The van der Waals surface area contributed by atoms with Gasteiger partial charge in [0.05, 0.1) is 44.6 Å². The van der Waals surface area contributed by atoms with E-state index in [1.165, 1.54) is 44.5 Å². The predicted octanol–water partition coefficient (Wildman–Crippen LogP) is 12.2. The van der Waals surface area contributed by atoms with Gasteiger partial charge in [-0.1, -0.05) is 137 Å². The summed E-state index contributed by atoms with van der Waals surface area (Å²) in [6.45, 7) is 9.17. The molecule has 0 fully saturated rings. The molecule has 0 radical (unpaired) electrons. The van der Waals surface area contributed by atoms with Crippen LogP contribution in [0, 0.1) is 22.7 Å². The molecule has 11 rings (SSSR count). The molecule has 0 bridgehead atoms. The van der Waals surface area contributed by atoms with Gasteiger partial charge in [-0.05, 0) is 57.6 Å². The Morgan fingerprint density at radius 2 is 0.796 bits per heavy atom. The molecule has 7 aromatic carbocycles. The molecule has 54 heavy (non-hydrogen) atoms. The average Bonchev–Trinajstić information content (AvgIpc) is 3.86. The summed E-state index contributed by atoms with van der Waals surface area (Å²) >= 11 is 0. The van der Waals surface area contributed by atoms with E-state index in [1.54, 1.807) is 0 Å². The smallest absolute Gasteiger partial charge is 0.103 e. The van der Waals surface area contributed by atoms with Crippen LogP contribution in [0.2, 0.25) is 0 Å². The van der Waals surface area contributed by atoms with Crippen LogP contribution in [-0.4, -0.2) is 9.13 Å². The maximum Gasteiger partial charge on any atom is 0.103 e. The third-order valence-corrected chi connectivity index (χ3v) is 12.6. The minimum atomic E-state index is -0.189. The first-order valence-electron chi connectivity index (χ1n) is 18.6. The minimum Gasteiger partial charge on any atom is -0.307 e. The Morgan fingerprint density at radius 1 is 0.407 bits per heavy atom. The number of fused-ring (bicyclic) bond motifs is 14. The summed E-state index contributed by atoms with van der Waals surface area (Å²) in [5.74, 6) is 0. The highest BCUT2D eigenvalue weighted by Crippen LogP contribution is 2.55. The first-order chi connectivity index (χ1) is 26.3. The van der Waals surface area contributed by atoms with Crippen LogP contribution >= 0.6 is 0 Å². The van der Waals surface area contributed by atoms with Gasteiger partial charge in [0.15, 0.2) is 0 Å². The van der Waals surface area contributed by atoms with E-state index in [1.807, 2.05) is 0 Å². The summed E-state index contributed by atoms with van der Waals surface area (Å²) in [5.41, 5.74) is 15.8. The molecule has 2 heterocycles. The van der Waals surface area contributed by atoms with Crippen molar-refractivity contribution in [3.05, 3.63) is 167 Å². The topological polar surface area (TPSA) is 57.4 Å². The van der Waals surface area contributed by atoms with Gasteiger partial charge in [0.1, 0.15) is 12.1 Å². The Balaban J connectivity index is 1.27. The summed E-state index contributed by atoms with van der Waals surface area (Å²) in [4.78, 5) is 0. The van der Waals surface area contributed by atoms with E-state index in [0.29, 0.717) is 22.5 Å². The molecule has 0 atom stereocenters. The Morgan fingerprint density at radius 3 is 1.22 bits per heavy atom. The van der Waals surface area contributed by atoms with Gasteiger partial charge >= 0.3 is 0 Å². The highest BCUT2D eigenvalue weighted by Gasteiger charge is 2.39. The molecule has 254 valence electrons. The van der Waals surface area contributed by atoms with Gasteiger partial charge in [-0.25, -0.2) is 0 Å². The number of para-hydroxylation sites is 2.